The van der Waals surface area contributed by atoms with Gasteiger partial charge in [0, 0.05) is 15.5 Å². The maximum absolute atomic E-state index is 2.49. The topological polar surface area (TPSA) is 3.24 Å². The minimum absolute atomic E-state index is 0.337. The Hall–Kier alpha value is -5.31. The van der Waals surface area contributed by atoms with E-state index in [-0.39, 0.29) is 5.41 Å². The third-order valence-electron chi connectivity index (χ3n) is 10.4. The molecule has 1 heterocycles. The zero-order valence-electron chi connectivity index (χ0n) is 26.3. The van der Waals surface area contributed by atoms with E-state index in [9.17, 15) is 0 Å². The van der Waals surface area contributed by atoms with E-state index in [1.165, 1.54) is 93.6 Å². The number of nitrogens with zero attached hydrogens (tertiary/aromatic N) is 1. The van der Waals surface area contributed by atoms with Gasteiger partial charge in [-0.25, -0.2) is 0 Å². The molecule has 7 aromatic carbocycles. The predicted octanol–water partition coefficient (Wildman–Crippen LogP) is 12.2. The lowest BCUT2D eigenvalue weighted by Crippen LogP contribution is -2.25. The van der Waals surface area contributed by atoms with Gasteiger partial charge in [-0.2, -0.15) is 0 Å². The highest BCUT2D eigenvalue weighted by atomic mass is 32.2. The van der Waals surface area contributed by atoms with Crippen LogP contribution in [0.4, 0.5) is 17.1 Å². The van der Waals surface area contributed by atoms with Crippen molar-refractivity contribution in [2.75, 3.05) is 4.90 Å². The molecule has 0 radical (unpaired) electrons. The average Bonchev–Trinajstić information content (AvgIpc) is 3.58. The van der Waals surface area contributed by atoms with E-state index >= 15 is 0 Å². The third kappa shape index (κ3) is 3.68. The van der Waals surface area contributed by atoms with E-state index in [1.807, 2.05) is 11.8 Å². The second-order valence-corrected chi connectivity index (χ2v) is 14.2. The quantitative estimate of drug-likeness (QED) is 0.190. The maximum atomic E-state index is 2.49. The van der Waals surface area contributed by atoms with Gasteiger partial charge in [0.2, 0.25) is 0 Å². The second-order valence-electron chi connectivity index (χ2n) is 13.1. The second kappa shape index (κ2) is 9.84. The molecule has 10 rings (SSSR count). The summed E-state index contributed by atoms with van der Waals surface area (Å²) in [5, 5.41) is 0. The molecular weight excluding hydrogens is 587 g/mol. The number of aryl methyl sites for hydroxylation is 2. The van der Waals surface area contributed by atoms with Gasteiger partial charge in [0.15, 0.2) is 0 Å². The summed E-state index contributed by atoms with van der Waals surface area (Å²) in [5.41, 5.74) is 19.2. The van der Waals surface area contributed by atoms with Crippen molar-refractivity contribution in [1.82, 2.24) is 0 Å². The highest BCUT2D eigenvalue weighted by Gasteiger charge is 2.51. The Morgan fingerprint density at radius 3 is 1.55 bits per heavy atom. The highest BCUT2D eigenvalue weighted by Crippen LogP contribution is 2.63. The molecule has 1 spiro atoms. The smallest absolute Gasteiger partial charge is 0.0725 e. The van der Waals surface area contributed by atoms with Gasteiger partial charge in [-0.3, -0.25) is 0 Å². The Labute approximate surface area is 280 Å². The largest absolute Gasteiger partial charge is 0.308 e. The van der Waals surface area contributed by atoms with E-state index in [1.54, 1.807) is 0 Å². The standard InChI is InChI=1S/C45H31NS/c1-28-15-20-32(21-16-28)46-41-23-17-29(2)25-43(41)47-44-27-31(19-24-42(44)46)30-18-22-36-35-11-5-8-14-39(35)45(40(36)26-30)37-12-6-3-9-33(37)34-10-4-7-13-38(34)45/h3-27H,1-2H3. The number of fused-ring (bicyclic) bond motifs is 12. The summed E-state index contributed by atoms with van der Waals surface area (Å²) in [6.07, 6.45) is 0. The molecule has 0 atom stereocenters. The fraction of sp³-hybridized carbons (Fsp3) is 0.0667. The summed E-state index contributed by atoms with van der Waals surface area (Å²) in [5.74, 6) is 0. The van der Waals surface area contributed by atoms with Crippen LogP contribution in [0.5, 0.6) is 0 Å². The fourth-order valence-corrected chi connectivity index (χ4v) is 9.54. The van der Waals surface area contributed by atoms with Gasteiger partial charge in [0.1, 0.15) is 0 Å². The zero-order valence-corrected chi connectivity index (χ0v) is 27.1. The van der Waals surface area contributed by atoms with Crippen molar-refractivity contribution in [2.24, 2.45) is 0 Å². The van der Waals surface area contributed by atoms with Crippen molar-refractivity contribution in [2.45, 2.75) is 29.1 Å². The van der Waals surface area contributed by atoms with Crippen LogP contribution in [0.1, 0.15) is 33.4 Å². The molecule has 0 saturated carbocycles. The van der Waals surface area contributed by atoms with Crippen LogP contribution in [0, 0.1) is 13.8 Å². The lowest BCUT2D eigenvalue weighted by Gasteiger charge is -2.33. The lowest BCUT2D eigenvalue weighted by molar-refractivity contribution is 0.794. The van der Waals surface area contributed by atoms with Crippen LogP contribution < -0.4 is 4.90 Å². The van der Waals surface area contributed by atoms with Crippen LogP contribution in [-0.4, -0.2) is 0 Å². The van der Waals surface area contributed by atoms with E-state index in [4.69, 9.17) is 0 Å². The molecule has 47 heavy (non-hydrogen) atoms. The molecule has 3 aliphatic rings. The van der Waals surface area contributed by atoms with Crippen molar-refractivity contribution in [1.29, 1.82) is 0 Å². The van der Waals surface area contributed by atoms with Gasteiger partial charge in [-0.1, -0.05) is 127 Å². The fourth-order valence-electron chi connectivity index (χ4n) is 8.34. The molecule has 2 heteroatoms. The average molecular weight is 618 g/mol. The Balaban J connectivity index is 1.17. The first-order chi connectivity index (χ1) is 23.1. The van der Waals surface area contributed by atoms with Crippen molar-refractivity contribution in [3.05, 3.63) is 185 Å². The van der Waals surface area contributed by atoms with Crippen LogP contribution in [0.15, 0.2) is 161 Å². The summed E-state index contributed by atoms with van der Waals surface area (Å²) in [7, 11) is 0. The molecule has 0 N–H and O–H groups in total. The molecule has 2 aliphatic carbocycles. The van der Waals surface area contributed by atoms with Gasteiger partial charge in [0.25, 0.3) is 0 Å². The molecule has 0 bridgehead atoms. The molecular formula is C45H31NS. The van der Waals surface area contributed by atoms with Crippen molar-refractivity contribution in [3.8, 4) is 33.4 Å². The van der Waals surface area contributed by atoms with Gasteiger partial charge in [-0.15, -0.1) is 0 Å². The monoisotopic (exact) mass is 617 g/mol. The molecule has 7 aromatic rings. The normalized spacial score (nSPS) is 14.2. The van der Waals surface area contributed by atoms with Crippen molar-refractivity contribution < 1.29 is 0 Å². The van der Waals surface area contributed by atoms with Crippen molar-refractivity contribution in [3.63, 3.8) is 0 Å². The first-order valence-electron chi connectivity index (χ1n) is 16.3. The predicted molar refractivity (Wildman–Crippen MR) is 196 cm³/mol. The number of hydrogen-bond acceptors (Lipinski definition) is 2. The molecule has 222 valence electrons. The van der Waals surface area contributed by atoms with E-state index in [0.29, 0.717) is 0 Å². The van der Waals surface area contributed by atoms with Crippen LogP contribution in [0.2, 0.25) is 0 Å². The van der Waals surface area contributed by atoms with Crippen LogP contribution >= 0.6 is 11.8 Å². The molecule has 0 fully saturated rings. The maximum Gasteiger partial charge on any atom is 0.0725 e. The Morgan fingerprint density at radius 1 is 0.426 bits per heavy atom. The SMILES string of the molecule is Cc1ccc(N2c3ccc(C)cc3Sc3cc(-c4ccc5c(c4)C4(c6ccccc6-c6ccccc64)c4ccccc4-5)ccc32)cc1. The molecule has 0 unspecified atom stereocenters. The van der Waals surface area contributed by atoms with E-state index in [0.717, 1.165) is 0 Å². The van der Waals surface area contributed by atoms with Gasteiger partial charge in [-0.05, 0) is 118 Å². The first-order valence-corrected chi connectivity index (χ1v) is 17.2. The third-order valence-corrected chi connectivity index (χ3v) is 11.5. The molecule has 1 aliphatic heterocycles. The summed E-state index contributed by atoms with van der Waals surface area (Å²) < 4.78 is 0. The van der Waals surface area contributed by atoms with Crippen LogP contribution in [-0.2, 0) is 5.41 Å². The summed E-state index contributed by atoms with van der Waals surface area (Å²) in [4.78, 5) is 4.99. The minimum Gasteiger partial charge on any atom is -0.308 e. The Kier molecular flexibility index (Phi) is 5.63. The Bertz CT molecular complexity index is 2350. The summed E-state index contributed by atoms with van der Waals surface area (Å²) in [6, 6.07) is 57.0. The number of anilines is 3. The number of rotatable bonds is 2. The van der Waals surface area contributed by atoms with Gasteiger partial charge < -0.3 is 4.90 Å². The lowest BCUT2D eigenvalue weighted by atomic mass is 9.70. The minimum atomic E-state index is -0.337. The Morgan fingerprint density at radius 2 is 0.915 bits per heavy atom. The van der Waals surface area contributed by atoms with Crippen LogP contribution in [0.3, 0.4) is 0 Å². The van der Waals surface area contributed by atoms with Gasteiger partial charge in [0.05, 0.1) is 16.8 Å². The number of hydrogen-bond donors (Lipinski definition) is 0. The van der Waals surface area contributed by atoms with E-state index < -0.39 is 0 Å². The van der Waals surface area contributed by atoms with Gasteiger partial charge >= 0.3 is 0 Å². The first kappa shape index (κ1) is 26.9. The van der Waals surface area contributed by atoms with E-state index in [2.05, 4.69) is 170 Å². The van der Waals surface area contributed by atoms with Crippen LogP contribution in [0.25, 0.3) is 33.4 Å². The molecule has 0 aromatic heterocycles. The van der Waals surface area contributed by atoms with Crippen molar-refractivity contribution >= 4 is 28.8 Å². The summed E-state index contributed by atoms with van der Waals surface area (Å²) >= 11 is 1.88. The molecule has 1 nitrogen and oxygen atoms in total. The zero-order chi connectivity index (χ0) is 31.3. The summed E-state index contributed by atoms with van der Waals surface area (Å²) in [6.45, 7) is 4.33. The molecule has 0 amide bonds. The number of benzene rings is 7. The molecule has 0 saturated heterocycles. The highest BCUT2D eigenvalue weighted by molar-refractivity contribution is 7.99.